The van der Waals surface area contributed by atoms with E-state index in [9.17, 15) is 0 Å². The Morgan fingerprint density at radius 1 is 1.43 bits per heavy atom. The molecule has 0 spiro atoms. The molecule has 1 N–H and O–H groups in total. The molecule has 1 aromatic heterocycles. The summed E-state index contributed by atoms with van der Waals surface area (Å²) in [6.07, 6.45) is 3.32. The van der Waals surface area contributed by atoms with Gasteiger partial charge in [0, 0.05) is 24.7 Å². The first-order chi connectivity index (χ1) is 10.1. The number of nitrogens with one attached hydrogen (secondary N) is 1. The largest absolute Gasteiger partial charge is 0.468 e. The number of ether oxygens (including phenoxy) is 1. The molecule has 0 aliphatic carbocycles. The molecule has 2 rings (SSSR count). The second-order valence-electron chi connectivity index (χ2n) is 6.58. The van der Waals surface area contributed by atoms with Gasteiger partial charge in [-0.1, -0.05) is 20.8 Å². The maximum atomic E-state index is 5.75. The van der Waals surface area contributed by atoms with Crippen molar-refractivity contribution in [2.45, 2.75) is 59.4 Å². The minimum Gasteiger partial charge on any atom is -0.468 e. The summed E-state index contributed by atoms with van der Waals surface area (Å²) in [5.74, 6) is 1.74. The molecular weight excluding hydrogens is 264 g/mol. The van der Waals surface area contributed by atoms with Crippen LogP contribution in [0.2, 0.25) is 0 Å². The highest BCUT2D eigenvalue weighted by molar-refractivity contribution is 5.13. The highest BCUT2D eigenvalue weighted by Crippen LogP contribution is 2.19. The Morgan fingerprint density at radius 2 is 2.24 bits per heavy atom. The van der Waals surface area contributed by atoms with Gasteiger partial charge in [0.15, 0.2) is 0 Å². The Hall–Kier alpha value is -0.840. The lowest BCUT2D eigenvalue weighted by molar-refractivity contribution is -0.0610. The first-order valence-corrected chi connectivity index (χ1v) is 8.21. The van der Waals surface area contributed by atoms with Gasteiger partial charge in [-0.25, -0.2) is 0 Å². The van der Waals surface area contributed by atoms with E-state index >= 15 is 0 Å². The Kier molecular flexibility index (Phi) is 6.27. The minimum absolute atomic E-state index is 0.315. The third-order valence-electron chi connectivity index (χ3n) is 4.00. The van der Waals surface area contributed by atoms with Gasteiger partial charge in [-0.15, -0.1) is 0 Å². The topological polar surface area (TPSA) is 37.6 Å². The van der Waals surface area contributed by atoms with Gasteiger partial charge in [-0.3, -0.25) is 4.90 Å². The van der Waals surface area contributed by atoms with Gasteiger partial charge in [-0.2, -0.15) is 0 Å². The van der Waals surface area contributed by atoms with Crippen LogP contribution in [0, 0.1) is 5.92 Å². The van der Waals surface area contributed by atoms with E-state index in [4.69, 9.17) is 9.15 Å². The van der Waals surface area contributed by atoms with Crippen molar-refractivity contribution < 1.29 is 9.15 Å². The Bertz CT molecular complexity index is 417. The number of furan rings is 1. The molecule has 1 aliphatic heterocycles. The first kappa shape index (κ1) is 16.5. The van der Waals surface area contributed by atoms with Gasteiger partial charge in [0.05, 0.1) is 25.5 Å². The lowest BCUT2D eigenvalue weighted by Gasteiger charge is -2.37. The second-order valence-corrected chi connectivity index (χ2v) is 6.58. The van der Waals surface area contributed by atoms with E-state index in [2.05, 4.69) is 44.0 Å². The van der Waals surface area contributed by atoms with Gasteiger partial charge in [0.2, 0.25) is 0 Å². The third kappa shape index (κ3) is 5.13. The van der Waals surface area contributed by atoms with Gasteiger partial charge in [-0.05, 0) is 31.9 Å². The van der Waals surface area contributed by atoms with Crippen molar-refractivity contribution in [2.75, 3.05) is 19.7 Å². The summed E-state index contributed by atoms with van der Waals surface area (Å²) in [4.78, 5) is 2.48. The van der Waals surface area contributed by atoms with E-state index in [1.54, 1.807) is 0 Å². The quantitative estimate of drug-likeness (QED) is 0.839. The van der Waals surface area contributed by atoms with Gasteiger partial charge in [0.25, 0.3) is 0 Å². The van der Waals surface area contributed by atoms with Crippen LogP contribution in [0.25, 0.3) is 0 Å². The standard InChI is InChI=1S/C17H30N2O2/c1-5-16-12-20-14(4)9-19(16)10-17-6-15(11-21-17)8-18-7-13(2)3/h6,11,13-14,16,18H,5,7-10,12H2,1-4H3. The molecule has 4 heteroatoms. The van der Waals surface area contributed by atoms with Crippen molar-refractivity contribution in [2.24, 2.45) is 5.92 Å². The first-order valence-electron chi connectivity index (χ1n) is 8.21. The van der Waals surface area contributed by atoms with Crippen LogP contribution in [0.5, 0.6) is 0 Å². The highest BCUT2D eigenvalue weighted by atomic mass is 16.5. The summed E-state index contributed by atoms with van der Waals surface area (Å²) >= 11 is 0. The van der Waals surface area contributed by atoms with Crippen molar-refractivity contribution in [3.05, 3.63) is 23.7 Å². The predicted octanol–water partition coefficient (Wildman–Crippen LogP) is 3.02. The minimum atomic E-state index is 0.315. The smallest absolute Gasteiger partial charge is 0.118 e. The summed E-state index contributed by atoms with van der Waals surface area (Å²) in [5, 5.41) is 3.45. The Labute approximate surface area is 128 Å². The lowest BCUT2D eigenvalue weighted by Crippen LogP contribution is -2.47. The summed E-state index contributed by atoms with van der Waals surface area (Å²) in [7, 11) is 0. The van der Waals surface area contributed by atoms with Crippen molar-refractivity contribution in [3.8, 4) is 0 Å². The van der Waals surface area contributed by atoms with E-state index in [0.29, 0.717) is 18.1 Å². The van der Waals surface area contributed by atoms with E-state index in [0.717, 1.165) is 45.0 Å². The molecule has 21 heavy (non-hydrogen) atoms. The summed E-state index contributed by atoms with van der Waals surface area (Å²) in [6.45, 7) is 13.4. The molecule has 1 saturated heterocycles. The van der Waals surface area contributed by atoms with Crippen LogP contribution < -0.4 is 5.32 Å². The van der Waals surface area contributed by atoms with Crippen molar-refractivity contribution in [1.29, 1.82) is 0 Å². The molecule has 0 radical (unpaired) electrons. The Morgan fingerprint density at radius 3 is 2.95 bits per heavy atom. The molecule has 1 aromatic rings. The monoisotopic (exact) mass is 294 g/mol. The van der Waals surface area contributed by atoms with E-state index < -0.39 is 0 Å². The van der Waals surface area contributed by atoms with Crippen molar-refractivity contribution in [3.63, 3.8) is 0 Å². The van der Waals surface area contributed by atoms with Crippen LogP contribution in [0.4, 0.5) is 0 Å². The molecule has 2 heterocycles. The lowest BCUT2D eigenvalue weighted by atomic mass is 10.1. The summed E-state index contributed by atoms with van der Waals surface area (Å²) < 4.78 is 11.5. The van der Waals surface area contributed by atoms with Crippen molar-refractivity contribution >= 4 is 0 Å². The number of rotatable bonds is 7. The fraction of sp³-hybridized carbons (Fsp3) is 0.765. The van der Waals surface area contributed by atoms with Crippen LogP contribution in [-0.4, -0.2) is 36.7 Å². The Balaban J connectivity index is 1.85. The molecule has 0 amide bonds. The maximum Gasteiger partial charge on any atom is 0.118 e. The average Bonchev–Trinajstić information content (AvgIpc) is 2.86. The summed E-state index contributed by atoms with van der Waals surface area (Å²) in [5.41, 5.74) is 1.24. The molecule has 0 bridgehead atoms. The maximum absolute atomic E-state index is 5.75. The predicted molar refractivity (Wildman–Crippen MR) is 85.2 cm³/mol. The second kappa shape index (κ2) is 7.97. The zero-order valence-electron chi connectivity index (χ0n) is 13.9. The molecule has 2 unspecified atom stereocenters. The molecule has 2 atom stereocenters. The molecule has 1 fully saturated rings. The number of hydrogen-bond donors (Lipinski definition) is 1. The van der Waals surface area contributed by atoms with E-state index in [1.165, 1.54) is 5.56 Å². The molecule has 120 valence electrons. The highest BCUT2D eigenvalue weighted by Gasteiger charge is 2.26. The SMILES string of the molecule is CCC1COC(C)CN1Cc1cc(CNCC(C)C)co1. The van der Waals surface area contributed by atoms with Crippen molar-refractivity contribution in [1.82, 2.24) is 10.2 Å². The molecular formula is C17H30N2O2. The van der Waals surface area contributed by atoms with Gasteiger partial charge < -0.3 is 14.5 Å². The zero-order chi connectivity index (χ0) is 15.2. The van der Waals surface area contributed by atoms with Gasteiger partial charge in [0.1, 0.15) is 5.76 Å². The van der Waals surface area contributed by atoms with E-state index in [-0.39, 0.29) is 0 Å². The summed E-state index contributed by atoms with van der Waals surface area (Å²) in [6, 6.07) is 2.69. The van der Waals surface area contributed by atoms with Crippen LogP contribution in [0.3, 0.4) is 0 Å². The molecule has 0 saturated carbocycles. The average molecular weight is 294 g/mol. The van der Waals surface area contributed by atoms with Gasteiger partial charge >= 0.3 is 0 Å². The number of nitrogens with zero attached hydrogens (tertiary/aromatic N) is 1. The normalized spacial score (nSPS) is 23.9. The fourth-order valence-electron chi connectivity index (χ4n) is 2.79. The molecule has 1 aliphatic rings. The molecule has 0 aromatic carbocycles. The third-order valence-corrected chi connectivity index (χ3v) is 4.00. The number of hydrogen-bond acceptors (Lipinski definition) is 4. The molecule has 4 nitrogen and oxygen atoms in total. The van der Waals surface area contributed by atoms with Crippen LogP contribution >= 0.6 is 0 Å². The van der Waals surface area contributed by atoms with E-state index in [1.807, 2.05) is 6.26 Å². The fourth-order valence-corrected chi connectivity index (χ4v) is 2.79. The zero-order valence-corrected chi connectivity index (χ0v) is 13.9. The number of morpholine rings is 1. The van der Waals surface area contributed by atoms with Crippen LogP contribution in [0.15, 0.2) is 16.7 Å². The van der Waals surface area contributed by atoms with Crippen LogP contribution in [0.1, 0.15) is 45.4 Å². The van der Waals surface area contributed by atoms with Crippen LogP contribution in [-0.2, 0) is 17.8 Å².